The molecule has 1 aliphatic rings. The molecule has 1 aromatic rings. The van der Waals surface area contributed by atoms with Crippen LogP contribution >= 0.6 is 23.1 Å². The Morgan fingerprint density at radius 2 is 2.53 bits per heavy atom. The van der Waals surface area contributed by atoms with Crippen molar-refractivity contribution in [3.05, 3.63) is 22.4 Å². The molecule has 2 N–H and O–H groups in total. The summed E-state index contributed by atoms with van der Waals surface area (Å²) in [6.07, 6.45) is 2.08. The van der Waals surface area contributed by atoms with E-state index in [1.165, 1.54) is 22.8 Å². The predicted molar refractivity (Wildman–Crippen MR) is 67.6 cm³/mol. The van der Waals surface area contributed by atoms with Crippen molar-refractivity contribution < 1.29 is 5.11 Å². The molecule has 2 nitrogen and oxygen atoms in total. The highest BCUT2D eigenvalue weighted by Gasteiger charge is 2.20. The standard InChI is InChI=1S/C11H17NOS2/c13-5-3-10(11-2-1-6-15-11)12-9-4-7-14-8-9/h1-2,6,9-10,12-13H,3-5,7-8H2. The summed E-state index contributed by atoms with van der Waals surface area (Å²) >= 11 is 3.79. The van der Waals surface area contributed by atoms with Crippen LogP contribution in [0.3, 0.4) is 0 Å². The van der Waals surface area contributed by atoms with E-state index in [4.69, 9.17) is 5.11 Å². The summed E-state index contributed by atoms with van der Waals surface area (Å²) in [5.41, 5.74) is 0. The second-order valence-electron chi connectivity index (χ2n) is 3.81. The monoisotopic (exact) mass is 243 g/mol. The molecule has 2 heterocycles. The van der Waals surface area contributed by atoms with Crippen LogP contribution < -0.4 is 5.32 Å². The number of hydrogen-bond donors (Lipinski definition) is 2. The molecule has 0 amide bonds. The predicted octanol–water partition coefficient (Wildman–Crippen LogP) is 2.27. The van der Waals surface area contributed by atoms with Crippen molar-refractivity contribution in [2.45, 2.75) is 24.9 Å². The molecule has 1 fully saturated rings. The van der Waals surface area contributed by atoms with Crippen molar-refractivity contribution in [1.29, 1.82) is 0 Å². The molecule has 0 bridgehead atoms. The van der Waals surface area contributed by atoms with Gasteiger partial charge in [-0.05, 0) is 30.0 Å². The van der Waals surface area contributed by atoms with Crippen molar-refractivity contribution in [2.24, 2.45) is 0 Å². The summed E-state index contributed by atoms with van der Waals surface area (Å²) in [5, 5.41) is 14.8. The first-order chi connectivity index (χ1) is 7.40. The van der Waals surface area contributed by atoms with Crippen molar-refractivity contribution in [2.75, 3.05) is 18.1 Å². The fraction of sp³-hybridized carbons (Fsp3) is 0.636. The lowest BCUT2D eigenvalue weighted by atomic mass is 10.1. The first kappa shape index (κ1) is 11.5. The van der Waals surface area contributed by atoms with Crippen LogP contribution in [0.25, 0.3) is 0 Å². The highest BCUT2D eigenvalue weighted by molar-refractivity contribution is 7.99. The Morgan fingerprint density at radius 3 is 3.13 bits per heavy atom. The summed E-state index contributed by atoms with van der Waals surface area (Å²) in [5.74, 6) is 2.49. The number of thioether (sulfide) groups is 1. The Hall–Kier alpha value is -0.0300. The molecular weight excluding hydrogens is 226 g/mol. The molecule has 2 unspecified atom stereocenters. The van der Waals surface area contributed by atoms with Crippen molar-refractivity contribution >= 4 is 23.1 Å². The largest absolute Gasteiger partial charge is 0.396 e. The summed E-state index contributed by atoms with van der Waals surface area (Å²) in [7, 11) is 0. The van der Waals surface area contributed by atoms with E-state index in [1.54, 1.807) is 11.3 Å². The third kappa shape index (κ3) is 3.21. The van der Waals surface area contributed by atoms with Crippen LogP contribution in [0.5, 0.6) is 0 Å². The minimum absolute atomic E-state index is 0.259. The van der Waals surface area contributed by atoms with Gasteiger partial charge in [-0.2, -0.15) is 11.8 Å². The average Bonchev–Trinajstić information content (AvgIpc) is 2.89. The van der Waals surface area contributed by atoms with E-state index in [9.17, 15) is 0 Å². The van der Waals surface area contributed by atoms with E-state index in [-0.39, 0.29) is 6.61 Å². The second kappa shape index (κ2) is 5.89. The zero-order valence-electron chi connectivity index (χ0n) is 8.69. The number of nitrogens with one attached hydrogen (secondary N) is 1. The Morgan fingerprint density at radius 1 is 1.60 bits per heavy atom. The Labute approximate surface area is 99.1 Å². The van der Waals surface area contributed by atoms with Gasteiger partial charge in [-0.25, -0.2) is 0 Å². The SMILES string of the molecule is OCCC(NC1CCSC1)c1cccs1. The molecule has 1 saturated heterocycles. The van der Waals surface area contributed by atoms with Crippen LogP contribution in [0.1, 0.15) is 23.8 Å². The Kier molecular flexibility index (Phi) is 4.50. The number of aliphatic hydroxyl groups is 1. The highest BCUT2D eigenvalue weighted by atomic mass is 32.2. The molecule has 2 rings (SSSR count). The van der Waals surface area contributed by atoms with E-state index in [0.717, 1.165) is 6.42 Å². The van der Waals surface area contributed by atoms with Crippen LogP contribution in [0.15, 0.2) is 17.5 Å². The van der Waals surface area contributed by atoms with Crippen LogP contribution in [-0.4, -0.2) is 29.3 Å². The van der Waals surface area contributed by atoms with Gasteiger partial charge in [-0.1, -0.05) is 6.07 Å². The molecule has 0 spiro atoms. The number of thiophene rings is 1. The quantitative estimate of drug-likeness (QED) is 0.832. The number of hydrogen-bond acceptors (Lipinski definition) is 4. The first-order valence-corrected chi connectivity index (χ1v) is 7.41. The molecule has 1 aromatic heterocycles. The fourth-order valence-electron chi connectivity index (χ4n) is 1.88. The van der Waals surface area contributed by atoms with Gasteiger partial charge in [-0.15, -0.1) is 11.3 Å². The molecule has 84 valence electrons. The molecular formula is C11H17NOS2. The maximum absolute atomic E-state index is 9.07. The maximum atomic E-state index is 9.07. The van der Waals surface area contributed by atoms with E-state index < -0.39 is 0 Å². The lowest BCUT2D eigenvalue weighted by Crippen LogP contribution is -2.32. The van der Waals surface area contributed by atoms with Crippen LogP contribution in [-0.2, 0) is 0 Å². The van der Waals surface area contributed by atoms with Gasteiger partial charge in [0, 0.05) is 29.3 Å². The maximum Gasteiger partial charge on any atom is 0.0449 e. The van der Waals surface area contributed by atoms with Crippen molar-refractivity contribution in [1.82, 2.24) is 5.32 Å². The van der Waals surface area contributed by atoms with E-state index in [1.807, 2.05) is 11.8 Å². The van der Waals surface area contributed by atoms with Gasteiger partial charge in [0.25, 0.3) is 0 Å². The van der Waals surface area contributed by atoms with Gasteiger partial charge in [0.1, 0.15) is 0 Å². The van der Waals surface area contributed by atoms with Crippen LogP contribution in [0, 0.1) is 0 Å². The third-order valence-corrected chi connectivity index (χ3v) is 4.82. The van der Waals surface area contributed by atoms with Gasteiger partial charge in [0.05, 0.1) is 0 Å². The van der Waals surface area contributed by atoms with E-state index >= 15 is 0 Å². The summed E-state index contributed by atoms with van der Waals surface area (Å²) in [6.45, 7) is 0.259. The zero-order valence-corrected chi connectivity index (χ0v) is 10.3. The smallest absolute Gasteiger partial charge is 0.0449 e. The lowest BCUT2D eigenvalue weighted by molar-refractivity contribution is 0.261. The molecule has 15 heavy (non-hydrogen) atoms. The number of rotatable bonds is 5. The minimum Gasteiger partial charge on any atom is -0.396 e. The van der Waals surface area contributed by atoms with Crippen LogP contribution in [0.2, 0.25) is 0 Å². The molecule has 0 radical (unpaired) electrons. The van der Waals surface area contributed by atoms with Gasteiger partial charge < -0.3 is 10.4 Å². The normalized spacial score (nSPS) is 23.1. The zero-order chi connectivity index (χ0) is 10.5. The second-order valence-corrected chi connectivity index (χ2v) is 5.94. The van der Waals surface area contributed by atoms with Gasteiger partial charge in [0.15, 0.2) is 0 Å². The molecule has 2 atom stereocenters. The third-order valence-electron chi connectivity index (χ3n) is 2.67. The molecule has 0 aliphatic carbocycles. The lowest BCUT2D eigenvalue weighted by Gasteiger charge is -2.20. The van der Waals surface area contributed by atoms with E-state index in [2.05, 4.69) is 22.8 Å². The molecule has 0 saturated carbocycles. The summed E-state index contributed by atoms with van der Waals surface area (Å²) < 4.78 is 0. The fourth-order valence-corrected chi connectivity index (χ4v) is 3.86. The number of aliphatic hydroxyl groups excluding tert-OH is 1. The van der Waals surface area contributed by atoms with Crippen molar-refractivity contribution in [3.8, 4) is 0 Å². The molecule has 0 aromatic carbocycles. The molecule has 4 heteroatoms. The van der Waals surface area contributed by atoms with Gasteiger partial charge in [-0.3, -0.25) is 0 Å². The Balaban J connectivity index is 1.93. The Bertz CT molecular complexity index is 270. The molecule has 1 aliphatic heterocycles. The van der Waals surface area contributed by atoms with Crippen molar-refractivity contribution in [3.63, 3.8) is 0 Å². The summed E-state index contributed by atoms with van der Waals surface area (Å²) in [4.78, 5) is 1.35. The van der Waals surface area contributed by atoms with Gasteiger partial charge >= 0.3 is 0 Å². The van der Waals surface area contributed by atoms with E-state index in [0.29, 0.717) is 12.1 Å². The van der Waals surface area contributed by atoms with Crippen LogP contribution in [0.4, 0.5) is 0 Å². The topological polar surface area (TPSA) is 32.3 Å². The minimum atomic E-state index is 0.259. The first-order valence-electron chi connectivity index (χ1n) is 5.38. The average molecular weight is 243 g/mol. The summed E-state index contributed by atoms with van der Waals surface area (Å²) in [6, 6.07) is 5.21. The van der Waals surface area contributed by atoms with Gasteiger partial charge in [0.2, 0.25) is 0 Å². The highest BCUT2D eigenvalue weighted by Crippen LogP contribution is 2.25.